The number of halogens is 4. The van der Waals surface area contributed by atoms with Gasteiger partial charge in [-0.15, -0.1) is 0 Å². The molecule has 2 N–H and O–H groups in total. The number of hydrogen-bond acceptors (Lipinski definition) is 4. The molecule has 0 radical (unpaired) electrons. The fourth-order valence-corrected chi connectivity index (χ4v) is 2.45. The molecule has 0 aromatic heterocycles. The van der Waals surface area contributed by atoms with Crippen molar-refractivity contribution in [3.63, 3.8) is 0 Å². The van der Waals surface area contributed by atoms with Gasteiger partial charge in [0.25, 0.3) is 11.8 Å². The first-order chi connectivity index (χ1) is 10.9. The first-order valence-electron chi connectivity index (χ1n) is 6.04. The van der Waals surface area contributed by atoms with Crippen LogP contribution in [0.4, 0.5) is 13.2 Å². The topological polar surface area (TPSA) is 101 Å². The van der Waals surface area contributed by atoms with Crippen LogP contribution in [-0.2, 0) is 10.1 Å². The van der Waals surface area contributed by atoms with Gasteiger partial charge in [0.05, 0.1) is 0 Å². The predicted molar refractivity (Wildman–Crippen MR) is 81.0 cm³/mol. The number of amides is 2. The van der Waals surface area contributed by atoms with Crippen LogP contribution in [0.15, 0.2) is 34.8 Å². The summed E-state index contributed by atoms with van der Waals surface area (Å²) in [4.78, 5) is 23.3. The molecule has 2 aromatic rings. The highest BCUT2D eigenvalue weighted by Crippen LogP contribution is 2.31. The molecule has 11 heteroatoms. The number of rotatable bonds is 0. The second-order valence-electron chi connectivity index (χ2n) is 4.53. The third kappa shape index (κ3) is 3.42. The van der Waals surface area contributed by atoms with E-state index < -0.39 is 15.6 Å². The lowest BCUT2D eigenvalue weighted by Gasteiger charge is -2.16. The van der Waals surface area contributed by atoms with E-state index in [9.17, 15) is 22.8 Å². The van der Waals surface area contributed by atoms with Gasteiger partial charge in [-0.25, -0.2) is 0 Å². The van der Waals surface area contributed by atoms with Gasteiger partial charge in [0, 0.05) is 21.0 Å². The van der Waals surface area contributed by atoms with E-state index in [1.165, 1.54) is 0 Å². The maximum absolute atomic E-state index is 11.6. The Morgan fingerprint density at radius 1 is 1.00 bits per heavy atom. The molecule has 1 aliphatic rings. The predicted octanol–water partition coefficient (Wildman–Crippen LogP) is 2.88. The molecule has 2 amide bonds. The Kier molecular flexibility index (Phi) is 4.70. The van der Waals surface area contributed by atoms with E-state index in [1.54, 1.807) is 12.1 Å². The summed E-state index contributed by atoms with van der Waals surface area (Å²) in [6, 6.07) is 8.95. The van der Waals surface area contributed by atoms with Crippen molar-refractivity contribution in [1.29, 1.82) is 0 Å². The molecule has 1 heterocycles. The zero-order valence-electron chi connectivity index (χ0n) is 11.4. The minimum Gasteiger partial charge on any atom is -0.288 e. The van der Waals surface area contributed by atoms with Gasteiger partial charge < -0.3 is 0 Å². The highest BCUT2D eigenvalue weighted by molar-refractivity contribution is 9.10. The molecular weight excluding hydrogens is 419 g/mol. The molecule has 0 atom stereocenters. The Morgan fingerprint density at radius 2 is 1.50 bits per heavy atom. The van der Waals surface area contributed by atoms with Crippen molar-refractivity contribution >= 4 is 48.6 Å². The maximum atomic E-state index is 11.6. The smallest absolute Gasteiger partial charge is 0.288 e. The summed E-state index contributed by atoms with van der Waals surface area (Å²) in [5.74, 6) is -0.664. The fourth-order valence-electron chi connectivity index (χ4n) is 1.99. The van der Waals surface area contributed by atoms with Crippen molar-refractivity contribution in [1.82, 2.24) is 5.32 Å². The maximum Gasteiger partial charge on any atom is 0.522 e. The average Bonchev–Trinajstić information content (AvgIpc) is 2.44. The zero-order chi connectivity index (χ0) is 18.3. The van der Waals surface area contributed by atoms with E-state index in [0.29, 0.717) is 11.1 Å². The monoisotopic (exact) mass is 425 g/mol. The normalized spacial score (nSPS) is 14.0. The first-order valence-corrected chi connectivity index (χ1v) is 8.27. The lowest BCUT2D eigenvalue weighted by atomic mass is 9.95. The van der Waals surface area contributed by atoms with Gasteiger partial charge in [-0.3, -0.25) is 19.5 Å². The average molecular weight is 426 g/mol. The minimum atomic E-state index is -5.84. The quantitative estimate of drug-likeness (QED) is 0.384. The lowest BCUT2D eigenvalue weighted by molar-refractivity contribution is -0.0510. The molecule has 24 heavy (non-hydrogen) atoms. The Balaban J connectivity index is 0.000000224. The highest BCUT2D eigenvalue weighted by Gasteiger charge is 2.44. The van der Waals surface area contributed by atoms with Gasteiger partial charge in [0.2, 0.25) is 0 Å². The highest BCUT2D eigenvalue weighted by atomic mass is 79.9. The van der Waals surface area contributed by atoms with Crippen LogP contribution in [-0.4, -0.2) is 30.3 Å². The second kappa shape index (κ2) is 6.15. The number of hydrogen-bond donors (Lipinski definition) is 2. The van der Waals surface area contributed by atoms with Crippen LogP contribution in [0, 0.1) is 0 Å². The summed E-state index contributed by atoms with van der Waals surface area (Å²) in [6.07, 6.45) is 0. The summed E-state index contributed by atoms with van der Waals surface area (Å²) < 4.78 is 58.4. The van der Waals surface area contributed by atoms with Crippen molar-refractivity contribution < 1.29 is 35.7 Å². The van der Waals surface area contributed by atoms with Crippen LogP contribution >= 0.6 is 15.9 Å². The summed E-state index contributed by atoms with van der Waals surface area (Å²) in [7, 11) is -5.84. The van der Waals surface area contributed by atoms with Crippen LogP contribution < -0.4 is 5.32 Å². The van der Waals surface area contributed by atoms with Crippen molar-refractivity contribution in [2.24, 2.45) is 0 Å². The number of carbonyl (C=O) groups excluding carboxylic acids is 2. The number of imide groups is 1. The fraction of sp³-hybridized carbons (Fsp3) is 0.0769. The third-order valence-corrected chi connectivity index (χ3v) is 4.27. The summed E-state index contributed by atoms with van der Waals surface area (Å²) >= 11 is 3.42. The summed E-state index contributed by atoms with van der Waals surface area (Å²) in [5.41, 5.74) is -4.44. The first kappa shape index (κ1) is 18.4. The third-order valence-electron chi connectivity index (χ3n) is 3.00. The van der Waals surface area contributed by atoms with E-state index in [1.807, 2.05) is 18.2 Å². The molecule has 6 nitrogen and oxygen atoms in total. The van der Waals surface area contributed by atoms with E-state index in [0.717, 1.165) is 15.2 Å². The Bertz CT molecular complexity index is 936. The van der Waals surface area contributed by atoms with Gasteiger partial charge >= 0.3 is 15.6 Å². The van der Waals surface area contributed by atoms with Crippen LogP contribution in [0.25, 0.3) is 10.8 Å². The number of alkyl halides is 3. The van der Waals surface area contributed by atoms with Crippen molar-refractivity contribution in [3.05, 3.63) is 45.9 Å². The molecule has 0 unspecified atom stereocenters. The molecule has 0 aliphatic carbocycles. The molecule has 0 fully saturated rings. The Labute approximate surface area is 141 Å². The lowest BCUT2D eigenvalue weighted by Crippen LogP contribution is -2.34. The van der Waals surface area contributed by atoms with Gasteiger partial charge in [-0.2, -0.15) is 21.6 Å². The van der Waals surface area contributed by atoms with E-state index >= 15 is 0 Å². The van der Waals surface area contributed by atoms with E-state index in [4.69, 9.17) is 13.0 Å². The van der Waals surface area contributed by atoms with Gasteiger partial charge in [-0.1, -0.05) is 28.1 Å². The second-order valence-corrected chi connectivity index (χ2v) is 6.79. The molecular formula is C13H7BrF3NO5S. The van der Waals surface area contributed by atoms with Gasteiger partial charge in [0.1, 0.15) is 0 Å². The molecule has 0 bridgehead atoms. The van der Waals surface area contributed by atoms with Crippen LogP contribution in [0.5, 0.6) is 0 Å². The molecule has 1 aliphatic heterocycles. The standard InChI is InChI=1S/C12H6BrNO2.CHF3O3S/c13-9-5-4-8-10-6(9)2-1-3-7(10)11(15)14-12(8)16;2-1(3,4)8(5,6)7/h1-5H,(H,14,15,16);(H,5,6,7). The molecule has 2 aromatic carbocycles. The van der Waals surface area contributed by atoms with E-state index in [2.05, 4.69) is 21.2 Å². The van der Waals surface area contributed by atoms with Crippen LogP contribution in [0.1, 0.15) is 20.7 Å². The van der Waals surface area contributed by atoms with E-state index in [-0.39, 0.29) is 11.8 Å². The van der Waals surface area contributed by atoms with Crippen molar-refractivity contribution in [2.45, 2.75) is 5.51 Å². The number of benzene rings is 2. The van der Waals surface area contributed by atoms with Gasteiger partial charge in [-0.05, 0) is 23.6 Å². The minimum absolute atomic E-state index is 0.332. The summed E-state index contributed by atoms with van der Waals surface area (Å²) in [6.45, 7) is 0. The van der Waals surface area contributed by atoms with Crippen molar-refractivity contribution in [2.75, 3.05) is 0 Å². The molecule has 3 rings (SSSR count). The van der Waals surface area contributed by atoms with Crippen LogP contribution in [0.2, 0.25) is 0 Å². The number of carbonyl (C=O) groups is 2. The largest absolute Gasteiger partial charge is 0.522 e. The molecule has 0 saturated carbocycles. The van der Waals surface area contributed by atoms with Crippen LogP contribution in [0.3, 0.4) is 0 Å². The Hall–Kier alpha value is -1.98. The molecule has 0 spiro atoms. The number of nitrogens with one attached hydrogen (secondary N) is 1. The molecule has 128 valence electrons. The SMILES string of the molecule is O=C1NC(=O)c2ccc(Br)c3cccc1c23.O=S(=O)(O)C(F)(F)F. The zero-order valence-corrected chi connectivity index (χ0v) is 13.8. The van der Waals surface area contributed by atoms with Crippen molar-refractivity contribution in [3.8, 4) is 0 Å². The summed E-state index contributed by atoms with van der Waals surface area (Å²) in [5, 5.41) is 3.94. The molecule has 0 saturated heterocycles. The Morgan fingerprint density at radius 3 is 2.00 bits per heavy atom. The van der Waals surface area contributed by atoms with Gasteiger partial charge in [0.15, 0.2) is 0 Å².